The summed E-state index contributed by atoms with van der Waals surface area (Å²) in [5.41, 5.74) is 0. The van der Waals surface area contributed by atoms with Crippen molar-refractivity contribution in [1.82, 2.24) is 4.89 Å². The van der Waals surface area contributed by atoms with E-state index in [-0.39, 0.29) is 0 Å². The predicted molar refractivity (Wildman–Crippen MR) is 58.6 cm³/mol. The molecule has 0 aliphatic rings. The molecule has 0 radical (unpaired) electrons. The lowest BCUT2D eigenvalue weighted by molar-refractivity contribution is 0.0832. The van der Waals surface area contributed by atoms with Gasteiger partial charge in [0.2, 0.25) is 0 Å². The molecule has 92 valence electrons. The summed E-state index contributed by atoms with van der Waals surface area (Å²) in [6.07, 6.45) is 7.98. The zero-order valence-corrected chi connectivity index (χ0v) is 10.1. The van der Waals surface area contributed by atoms with Crippen LogP contribution in [0.15, 0.2) is 0 Å². The van der Waals surface area contributed by atoms with Crippen molar-refractivity contribution in [2.75, 3.05) is 6.61 Å². The summed E-state index contributed by atoms with van der Waals surface area (Å²) in [5, 5.41) is 0. The molecular weight excluding hydrogens is 218 g/mol. The molecule has 2 N–H and O–H groups in total. The molecule has 0 saturated carbocycles. The van der Waals surface area contributed by atoms with E-state index in [2.05, 4.69) is 11.8 Å². The monoisotopic (exact) mass is 239 g/mol. The molecule has 0 aliphatic heterocycles. The van der Waals surface area contributed by atoms with Crippen molar-refractivity contribution < 1.29 is 17.8 Å². The average Bonchev–Trinajstić information content (AvgIpc) is 2.14. The lowest BCUT2D eigenvalue weighted by Crippen LogP contribution is -2.23. The summed E-state index contributed by atoms with van der Waals surface area (Å²) in [7, 11) is -4.20. The fourth-order valence-corrected chi connectivity index (χ4v) is 1.48. The standard InChI is InChI=1S/C9H21NO4S/c1-2-3-4-5-6-7-8-9-14-10-15(11,12)13/h10H,2-9H2,1H3,(H,11,12,13). The highest BCUT2D eigenvalue weighted by Crippen LogP contribution is 2.06. The van der Waals surface area contributed by atoms with Crippen molar-refractivity contribution >= 4 is 10.3 Å². The Morgan fingerprint density at radius 3 is 2.13 bits per heavy atom. The van der Waals surface area contributed by atoms with Crippen LogP contribution in [-0.4, -0.2) is 19.6 Å². The third-order valence-electron chi connectivity index (χ3n) is 2.01. The molecule has 0 saturated heterocycles. The molecule has 0 bridgehead atoms. The van der Waals surface area contributed by atoms with Crippen LogP contribution in [0.4, 0.5) is 0 Å². The molecule has 0 unspecified atom stereocenters. The van der Waals surface area contributed by atoms with Gasteiger partial charge >= 0.3 is 10.3 Å². The molecule has 15 heavy (non-hydrogen) atoms. The Morgan fingerprint density at radius 2 is 1.60 bits per heavy atom. The first-order chi connectivity index (χ1) is 7.06. The second kappa shape index (κ2) is 9.08. The number of rotatable bonds is 10. The summed E-state index contributed by atoms with van der Waals surface area (Å²) >= 11 is 0. The minimum atomic E-state index is -4.20. The minimum absolute atomic E-state index is 0.299. The lowest BCUT2D eigenvalue weighted by Gasteiger charge is -2.02. The fraction of sp³-hybridized carbons (Fsp3) is 1.00. The second-order valence-corrected chi connectivity index (χ2v) is 4.64. The van der Waals surface area contributed by atoms with E-state index in [9.17, 15) is 8.42 Å². The first-order valence-electron chi connectivity index (χ1n) is 5.42. The lowest BCUT2D eigenvalue weighted by atomic mass is 10.1. The van der Waals surface area contributed by atoms with Gasteiger partial charge in [-0.25, -0.2) is 0 Å². The first-order valence-corrected chi connectivity index (χ1v) is 6.86. The summed E-state index contributed by atoms with van der Waals surface area (Å²) in [4.78, 5) is 6.10. The van der Waals surface area contributed by atoms with Gasteiger partial charge in [0.15, 0.2) is 0 Å². The van der Waals surface area contributed by atoms with Crippen LogP contribution in [0.3, 0.4) is 0 Å². The van der Waals surface area contributed by atoms with Gasteiger partial charge in [-0.05, 0) is 6.42 Å². The van der Waals surface area contributed by atoms with Crippen molar-refractivity contribution in [2.45, 2.75) is 51.9 Å². The van der Waals surface area contributed by atoms with Gasteiger partial charge in [-0.1, -0.05) is 50.3 Å². The Bertz CT molecular complexity index is 228. The average molecular weight is 239 g/mol. The number of hydrogen-bond acceptors (Lipinski definition) is 3. The molecule has 0 heterocycles. The van der Waals surface area contributed by atoms with E-state index in [1.54, 1.807) is 4.89 Å². The molecule has 6 heteroatoms. The summed E-state index contributed by atoms with van der Waals surface area (Å²) < 4.78 is 28.6. The van der Waals surface area contributed by atoms with Gasteiger partial charge in [0.1, 0.15) is 0 Å². The maximum atomic E-state index is 10.2. The third kappa shape index (κ3) is 13.8. The molecular formula is C9H21NO4S. The van der Waals surface area contributed by atoms with Crippen molar-refractivity contribution in [1.29, 1.82) is 0 Å². The number of nitrogens with one attached hydrogen (secondary N) is 1. The van der Waals surface area contributed by atoms with Crippen LogP contribution < -0.4 is 4.89 Å². The summed E-state index contributed by atoms with van der Waals surface area (Å²) in [6, 6.07) is 0. The quantitative estimate of drug-likeness (QED) is 0.347. The van der Waals surface area contributed by atoms with E-state index in [1.807, 2.05) is 0 Å². The zero-order chi connectivity index (χ0) is 11.6. The van der Waals surface area contributed by atoms with Crippen molar-refractivity contribution in [3.63, 3.8) is 0 Å². The Hall–Kier alpha value is -0.170. The van der Waals surface area contributed by atoms with Crippen molar-refractivity contribution in [2.24, 2.45) is 0 Å². The Morgan fingerprint density at radius 1 is 1.07 bits per heavy atom. The van der Waals surface area contributed by atoms with Gasteiger partial charge < -0.3 is 0 Å². The fourth-order valence-electron chi connectivity index (χ4n) is 1.25. The van der Waals surface area contributed by atoms with Gasteiger partial charge in [-0.15, -0.1) is 0 Å². The van der Waals surface area contributed by atoms with Gasteiger partial charge in [0, 0.05) is 0 Å². The smallest absolute Gasteiger partial charge is 0.285 e. The van der Waals surface area contributed by atoms with E-state index in [1.165, 1.54) is 25.7 Å². The van der Waals surface area contributed by atoms with Crippen molar-refractivity contribution in [3.05, 3.63) is 0 Å². The van der Waals surface area contributed by atoms with Crippen LogP contribution in [-0.2, 0) is 15.1 Å². The minimum Gasteiger partial charge on any atom is -0.285 e. The van der Waals surface area contributed by atoms with Crippen LogP contribution in [0.1, 0.15) is 51.9 Å². The van der Waals surface area contributed by atoms with Crippen LogP contribution in [0, 0.1) is 0 Å². The first kappa shape index (κ1) is 14.8. The molecule has 0 spiro atoms. The number of hydrogen-bond donors (Lipinski definition) is 2. The second-order valence-electron chi connectivity index (χ2n) is 3.53. The molecule has 0 amide bonds. The molecule has 0 aromatic rings. The highest BCUT2D eigenvalue weighted by atomic mass is 32.2. The van der Waals surface area contributed by atoms with Crippen LogP contribution in [0.25, 0.3) is 0 Å². The molecule has 0 aromatic carbocycles. The van der Waals surface area contributed by atoms with Crippen molar-refractivity contribution in [3.8, 4) is 0 Å². The molecule has 0 fully saturated rings. The predicted octanol–water partition coefficient (Wildman–Crippen LogP) is 2.06. The zero-order valence-electron chi connectivity index (χ0n) is 9.24. The number of unbranched alkanes of at least 4 members (excludes halogenated alkanes) is 6. The van der Waals surface area contributed by atoms with Gasteiger partial charge in [0.05, 0.1) is 6.61 Å². The maximum absolute atomic E-state index is 10.2. The van der Waals surface area contributed by atoms with Crippen LogP contribution >= 0.6 is 0 Å². The topological polar surface area (TPSA) is 75.6 Å². The SMILES string of the molecule is CCCCCCCCCONS(=O)(=O)O. The third-order valence-corrected chi connectivity index (χ3v) is 2.34. The molecule has 5 nitrogen and oxygen atoms in total. The van der Waals surface area contributed by atoms with E-state index >= 15 is 0 Å². The highest BCUT2D eigenvalue weighted by molar-refractivity contribution is 7.83. The van der Waals surface area contributed by atoms with Gasteiger partial charge in [0.25, 0.3) is 0 Å². The van der Waals surface area contributed by atoms with E-state index < -0.39 is 10.3 Å². The Kier molecular flexibility index (Phi) is 8.98. The Labute approximate surface area is 92.0 Å². The molecule has 0 atom stereocenters. The van der Waals surface area contributed by atoms with Crippen LogP contribution in [0.2, 0.25) is 0 Å². The normalized spacial score (nSPS) is 11.9. The molecule has 0 aromatic heterocycles. The Balaban J connectivity index is 3.06. The van der Waals surface area contributed by atoms with Gasteiger partial charge in [-0.3, -0.25) is 9.39 Å². The van der Waals surface area contributed by atoms with Gasteiger partial charge in [-0.2, -0.15) is 8.42 Å². The van der Waals surface area contributed by atoms with E-state index in [0.717, 1.165) is 19.3 Å². The maximum Gasteiger partial charge on any atom is 0.355 e. The van der Waals surface area contributed by atoms with E-state index in [0.29, 0.717) is 6.61 Å². The van der Waals surface area contributed by atoms with Crippen LogP contribution in [0.5, 0.6) is 0 Å². The van der Waals surface area contributed by atoms with E-state index in [4.69, 9.17) is 4.55 Å². The highest BCUT2D eigenvalue weighted by Gasteiger charge is 2.00. The summed E-state index contributed by atoms with van der Waals surface area (Å²) in [5.74, 6) is 0. The summed E-state index contributed by atoms with van der Waals surface area (Å²) in [6.45, 7) is 2.47. The largest absolute Gasteiger partial charge is 0.355 e. The molecule has 0 rings (SSSR count). The molecule has 0 aliphatic carbocycles.